The second-order valence-corrected chi connectivity index (χ2v) is 4.22. The zero-order valence-corrected chi connectivity index (χ0v) is 8.13. The monoisotopic (exact) mass is 185 g/mol. The highest BCUT2D eigenvalue weighted by atomic mass is 16.4. The lowest BCUT2D eigenvalue weighted by atomic mass is 9.57. The molecular formula is C9H15NO3. The van der Waals surface area contributed by atoms with Crippen LogP contribution in [0, 0.1) is 11.3 Å². The van der Waals surface area contributed by atoms with Crippen molar-refractivity contribution >= 4 is 11.9 Å². The van der Waals surface area contributed by atoms with Gasteiger partial charge in [-0.3, -0.25) is 4.79 Å². The topological polar surface area (TPSA) is 66.4 Å². The molecule has 1 amide bonds. The summed E-state index contributed by atoms with van der Waals surface area (Å²) < 4.78 is 0. The maximum Gasteiger partial charge on any atom is 0.404 e. The average Bonchev–Trinajstić information content (AvgIpc) is 1.96. The highest BCUT2D eigenvalue weighted by Crippen LogP contribution is 2.46. The molecule has 4 heteroatoms. The van der Waals surface area contributed by atoms with Crippen molar-refractivity contribution in [1.29, 1.82) is 0 Å². The molecule has 0 saturated heterocycles. The number of ketones is 1. The molecule has 2 N–H and O–H groups in total. The predicted octanol–water partition coefficient (Wildman–Crippen LogP) is 1.26. The number of rotatable bonds is 2. The van der Waals surface area contributed by atoms with Crippen molar-refractivity contribution < 1.29 is 14.7 Å². The van der Waals surface area contributed by atoms with Gasteiger partial charge in [0.05, 0.1) is 0 Å². The summed E-state index contributed by atoms with van der Waals surface area (Å²) in [6.45, 7) is 5.40. The molecule has 0 aromatic carbocycles. The number of hydrogen-bond acceptors (Lipinski definition) is 2. The average molecular weight is 185 g/mol. The zero-order valence-electron chi connectivity index (χ0n) is 8.13. The first kappa shape index (κ1) is 10.0. The molecular weight excluding hydrogens is 170 g/mol. The van der Waals surface area contributed by atoms with Gasteiger partial charge < -0.3 is 10.4 Å². The lowest BCUT2D eigenvalue weighted by Gasteiger charge is -2.50. The van der Waals surface area contributed by atoms with Crippen molar-refractivity contribution in [1.82, 2.24) is 5.32 Å². The lowest BCUT2D eigenvalue weighted by Crippen LogP contribution is -2.59. The van der Waals surface area contributed by atoms with Crippen LogP contribution in [0.4, 0.5) is 4.79 Å². The van der Waals surface area contributed by atoms with Crippen LogP contribution in [0.5, 0.6) is 0 Å². The van der Waals surface area contributed by atoms with Crippen molar-refractivity contribution in [3.63, 3.8) is 0 Å². The van der Waals surface area contributed by atoms with Gasteiger partial charge in [0.15, 0.2) is 0 Å². The molecule has 1 rings (SSSR count). The van der Waals surface area contributed by atoms with E-state index < -0.39 is 6.09 Å². The third-order valence-corrected chi connectivity index (χ3v) is 3.06. The summed E-state index contributed by atoms with van der Waals surface area (Å²) in [7, 11) is 0. The standard InChI is InChI=1S/C9H15NO3/c1-5(11)6-4-7(9(6,2)3)10-8(12)13/h6-7,10H,4H2,1-3H3,(H,12,13)/t6-,7-/m0/s1. The summed E-state index contributed by atoms with van der Waals surface area (Å²) >= 11 is 0. The molecule has 0 radical (unpaired) electrons. The normalized spacial score (nSPS) is 30.4. The van der Waals surface area contributed by atoms with E-state index in [1.165, 1.54) is 0 Å². The van der Waals surface area contributed by atoms with E-state index in [4.69, 9.17) is 5.11 Å². The first-order chi connectivity index (χ1) is 5.85. The van der Waals surface area contributed by atoms with Crippen LogP contribution < -0.4 is 5.32 Å². The van der Waals surface area contributed by atoms with Crippen LogP contribution >= 0.6 is 0 Å². The van der Waals surface area contributed by atoms with Crippen LogP contribution in [0.25, 0.3) is 0 Å². The summed E-state index contributed by atoms with van der Waals surface area (Å²) in [5.41, 5.74) is -0.232. The SMILES string of the molecule is CC(=O)[C@@H]1C[C@H](NC(=O)O)C1(C)C. The molecule has 74 valence electrons. The Balaban J connectivity index is 2.59. The number of nitrogens with one attached hydrogen (secondary N) is 1. The molecule has 0 bridgehead atoms. The van der Waals surface area contributed by atoms with E-state index in [1.807, 2.05) is 13.8 Å². The highest BCUT2D eigenvalue weighted by molar-refractivity contribution is 5.81. The van der Waals surface area contributed by atoms with Gasteiger partial charge in [-0.05, 0) is 18.8 Å². The van der Waals surface area contributed by atoms with Gasteiger partial charge in [0.25, 0.3) is 0 Å². The van der Waals surface area contributed by atoms with Crippen molar-refractivity contribution in [2.45, 2.75) is 33.2 Å². The molecule has 0 unspecified atom stereocenters. The van der Waals surface area contributed by atoms with E-state index in [2.05, 4.69) is 5.32 Å². The molecule has 1 aliphatic rings. The number of carboxylic acid groups (broad SMARTS) is 1. The van der Waals surface area contributed by atoms with Crippen LogP contribution in [0.3, 0.4) is 0 Å². The Labute approximate surface area is 77.3 Å². The van der Waals surface area contributed by atoms with Gasteiger partial charge in [-0.2, -0.15) is 0 Å². The van der Waals surface area contributed by atoms with Gasteiger partial charge in [0.1, 0.15) is 5.78 Å². The molecule has 4 nitrogen and oxygen atoms in total. The van der Waals surface area contributed by atoms with E-state index in [1.54, 1.807) is 6.92 Å². The van der Waals surface area contributed by atoms with Crippen LogP contribution in [0.15, 0.2) is 0 Å². The number of hydrogen-bond donors (Lipinski definition) is 2. The van der Waals surface area contributed by atoms with Crippen molar-refractivity contribution in [2.24, 2.45) is 11.3 Å². The van der Waals surface area contributed by atoms with Crippen molar-refractivity contribution in [3.8, 4) is 0 Å². The Kier molecular flexibility index (Phi) is 2.32. The number of carbonyl (C=O) groups is 2. The summed E-state index contributed by atoms with van der Waals surface area (Å²) in [5.74, 6) is 0.151. The molecule has 0 aliphatic heterocycles. The first-order valence-electron chi connectivity index (χ1n) is 4.35. The van der Waals surface area contributed by atoms with Crippen LogP contribution in [0.2, 0.25) is 0 Å². The minimum absolute atomic E-state index is 0.00403. The van der Waals surface area contributed by atoms with Gasteiger partial charge in [0, 0.05) is 12.0 Å². The molecule has 0 spiro atoms. The maximum absolute atomic E-state index is 11.1. The van der Waals surface area contributed by atoms with E-state index in [-0.39, 0.29) is 23.2 Å². The summed E-state index contributed by atoms with van der Waals surface area (Å²) in [6.07, 6.45) is -0.380. The zero-order chi connectivity index (χ0) is 10.2. The fourth-order valence-electron chi connectivity index (χ4n) is 2.01. The smallest absolute Gasteiger partial charge is 0.404 e. The molecule has 1 fully saturated rings. The van der Waals surface area contributed by atoms with Gasteiger partial charge in [0.2, 0.25) is 0 Å². The van der Waals surface area contributed by atoms with E-state index in [9.17, 15) is 9.59 Å². The van der Waals surface area contributed by atoms with Gasteiger partial charge in [-0.25, -0.2) is 4.79 Å². The Morgan fingerprint density at radius 3 is 2.31 bits per heavy atom. The Morgan fingerprint density at radius 2 is 2.00 bits per heavy atom. The molecule has 0 aromatic rings. The minimum atomic E-state index is -1.01. The number of Topliss-reactive ketones (excluding diaryl/α,β-unsaturated/α-hetero) is 1. The maximum atomic E-state index is 11.1. The van der Waals surface area contributed by atoms with Crippen LogP contribution in [0.1, 0.15) is 27.2 Å². The first-order valence-corrected chi connectivity index (χ1v) is 4.35. The van der Waals surface area contributed by atoms with Crippen molar-refractivity contribution in [2.75, 3.05) is 0 Å². The quantitative estimate of drug-likeness (QED) is 0.680. The molecule has 1 saturated carbocycles. The Hall–Kier alpha value is -1.06. The Morgan fingerprint density at radius 1 is 1.46 bits per heavy atom. The molecule has 0 heterocycles. The number of carbonyl (C=O) groups excluding carboxylic acids is 1. The van der Waals surface area contributed by atoms with E-state index in [0.717, 1.165) is 0 Å². The van der Waals surface area contributed by atoms with E-state index >= 15 is 0 Å². The van der Waals surface area contributed by atoms with Gasteiger partial charge >= 0.3 is 6.09 Å². The summed E-state index contributed by atoms with van der Waals surface area (Å²) in [4.78, 5) is 21.5. The minimum Gasteiger partial charge on any atom is -0.465 e. The number of amides is 1. The highest BCUT2D eigenvalue weighted by Gasteiger charge is 2.50. The van der Waals surface area contributed by atoms with Gasteiger partial charge in [-0.1, -0.05) is 13.8 Å². The summed E-state index contributed by atoms with van der Waals surface area (Å²) in [5, 5.41) is 10.9. The van der Waals surface area contributed by atoms with Crippen LogP contribution in [-0.2, 0) is 4.79 Å². The fraction of sp³-hybridized carbons (Fsp3) is 0.778. The third-order valence-electron chi connectivity index (χ3n) is 3.06. The largest absolute Gasteiger partial charge is 0.465 e. The summed E-state index contributed by atoms with van der Waals surface area (Å²) in [6, 6.07) is -0.0844. The molecule has 1 aliphatic carbocycles. The second kappa shape index (κ2) is 3.01. The molecule has 13 heavy (non-hydrogen) atoms. The molecule has 0 aromatic heterocycles. The van der Waals surface area contributed by atoms with Crippen molar-refractivity contribution in [3.05, 3.63) is 0 Å². The predicted molar refractivity (Wildman–Crippen MR) is 47.5 cm³/mol. The fourth-order valence-corrected chi connectivity index (χ4v) is 2.01. The molecule has 2 atom stereocenters. The van der Waals surface area contributed by atoms with Gasteiger partial charge in [-0.15, -0.1) is 0 Å². The van der Waals surface area contributed by atoms with Crippen LogP contribution in [-0.4, -0.2) is 23.0 Å². The lowest BCUT2D eigenvalue weighted by molar-refractivity contribution is -0.132. The Bertz CT molecular complexity index is 247. The second-order valence-electron chi connectivity index (χ2n) is 4.22. The van der Waals surface area contributed by atoms with E-state index in [0.29, 0.717) is 6.42 Å². The third kappa shape index (κ3) is 1.66.